The fourth-order valence-corrected chi connectivity index (χ4v) is 3.20. The molecule has 0 bridgehead atoms. The van der Waals surface area contributed by atoms with Crippen LogP contribution in [0, 0.1) is 0 Å². The first-order valence-electron chi connectivity index (χ1n) is 7.40. The largest absolute Gasteiger partial charge is 0.379 e. The van der Waals surface area contributed by atoms with E-state index in [0.29, 0.717) is 15.7 Å². The molecule has 0 atom stereocenters. The quantitative estimate of drug-likeness (QED) is 0.894. The lowest BCUT2D eigenvalue weighted by Gasteiger charge is -2.25. The van der Waals surface area contributed by atoms with E-state index < -0.39 is 0 Å². The van der Waals surface area contributed by atoms with Crippen LogP contribution in [0.25, 0.3) is 0 Å². The maximum absolute atomic E-state index is 12.1. The molecule has 0 aliphatic carbocycles. The Morgan fingerprint density at radius 1 is 1.35 bits per heavy atom. The van der Waals surface area contributed by atoms with E-state index in [1.54, 1.807) is 24.3 Å². The van der Waals surface area contributed by atoms with Gasteiger partial charge in [-0.05, 0) is 18.2 Å². The highest BCUT2D eigenvalue weighted by atomic mass is 35.5. The number of halogens is 1. The van der Waals surface area contributed by atoms with Gasteiger partial charge in [-0.2, -0.15) is 0 Å². The van der Waals surface area contributed by atoms with Crippen LogP contribution in [0.2, 0.25) is 5.02 Å². The molecule has 3 rings (SSSR count). The van der Waals surface area contributed by atoms with Gasteiger partial charge in [-0.25, -0.2) is 0 Å². The third-order valence-electron chi connectivity index (χ3n) is 3.52. The van der Waals surface area contributed by atoms with Crippen molar-refractivity contribution in [3.63, 3.8) is 0 Å². The second kappa shape index (κ2) is 7.83. The standard InChI is InChI=1S/C15H17ClN4O2S/c16-12-3-1-2-11(10-12)14(21)17-15-19-18-13(23-15)4-5-20-6-8-22-9-7-20/h1-3,10H,4-9H2,(H,17,19,21). The van der Waals surface area contributed by atoms with Gasteiger partial charge in [0.15, 0.2) is 0 Å². The fourth-order valence-electron chi connectivity index (χ4n) is 2.28. The maximum atomic E-state index is 12.1. The Kier molecular flexibility index (Phi) is 5.56. The number of carbonyl (C=O) groups excluding carboxylic acids is 1. The molecule has 6 nitrogen and oxygen atoms in total. The van der Waals surface area contributed by atoms with Crippen LogP contribution < -0.4 is 5.32 Å². The lowest BCUT2D eigenvalue weighted by atomic mass is 10.2. The number of hydrogen-bond acceptors (Lipinski definition) is 6. The van der Waals surface area contributed by atoms with Gasteiger partial charge in [0.05, 0.1) is 13.2 Å². The molecule has 1 fully saturated rings. The number of morpholine rings is 1. The summed E-state index contributed by atoms with van der Waals surface area (Å²) in [5, 5.41) is 12.9. The Balaban J connectivity index is 1.53. The summed E-state index contributed by atoms with van der Waals surface area (Å²) < 4.78 is 5.33. The second-order valence-electron chi connectivity index (χ2n) is 5.17. The van der Waals surface area contributed by atoms with Gasteiger partial charge in [0.25, 0.3) is 5.91 Å². The van der Waals surface area contributed by atoms with Crippen LogP contribution in [0.1, 0.15) is 15.4 Å². The van der Waals surface area contributed by atoms with Crippen molar-refractivity contribution in [3.8, 4) is 0 Å². The Hall–Kier alpha value is -1.54. The van der Waals surface area contributed by atoms with E-state index in [1.165, 1.54) is 11.3 Å². The molecule has 0 saturated carbocycles. The van der Waals surface area contributed by atoms with Crippen LogP contribution in [-0.2, 0) is 11.2 Å². The summed E-state index contributed by atoms with van der Waals surface area (Å²) in [6.45, 7) is 4.42. The number of ether oxygens (including phenoxy) is 1. The summed E-state index contributed by atoms with van der Waals surface area (Å²) in [7, 11) is 0. The zero-order chi connectivity index (χ0) is 16.1. The molecule has 0 radical (unpaired) electrons. The Morgan fingerprint density at radius 3 is 2.96 bits per heavy atom. The van der Waals surface area contributed by atoms with E-state index in [-0.39, 0.29) is 5.91 Å². The molecule has 23 heavy (non-hydrogen) atoms. The zero-order valence-corrected chi connectivity index (χ0v) is 14.1. The lowest BCUT2D eigenvalue weighted by Crippen LogP contribution is -2.37. The molecule has 1 aromatic heterocycles. The molecule has 1 aliphatic heterocycles. The minimum absolute atomic E-state index is 0.233. The number of rotatable bonds is 5. The molecule has 1 saturated heterocycles. The van der Waals surface area contributed by atoms with Crippen LogP contribution in [0.3, 0.4) is 0 Å². The molecule has 8 heteroatoms. The average Bonchev–Trinajstić information content (AvgIpc) is 3.01. The van der Waals surface area contributed by atoms with E-state index in [1.807, 2.05) is 0 Å². The van der Waals surface area contributed by atoms with Crippen molar-refractivity contribution in [1.82, 2.24) is 15.1 Å². The number of anilines is 1. The molecule has 2 aromatic rings. The fraction of sp³-hybridized carbons (Fsp3) is 0.400. The normalized spacial score (nSPS) is 15.5. The van der Waals surface area contributed by atoms with Gasteiger partial charge in [0.1, 0.15) is 5.01 Å². The smallest absolute Gasteiger partial charge is 0.257 e. The number of nitrogens with one attached hydrogen (secondary N) is 1. The summed E-state index contributed by atoms with van der Waals surface area (Å²) in [4.78, 5) is 14.5. The third-order valence-corrected chi connectivity index (χ3v) is 4.65. The van der Waals surface area contributed by atoms with E-state index in [2.05, 4.69) is 20.4 Å². The number of aromatic nitrogens is 2. The predicted molar refractivity (Wildman–Crippen MR) is 90.3 cm³/mol. The van der Waals surface area contributed by atoms with Gasteiger partial charge < -0.3 is 4.74 Å². The number of benzene rings is 1. The Morgan fingerprint density at radius 2 is 2.17 bits per heavy atom. The van der Waals surface area contributed by atoms with Crippen LogP contribution in [-0.4, -0.2) is 53.9 Å². The van der Waals surface area contributed by atoms with Crippen molar-refractivity contribution >= 4 is 34.0 Å². The van der Waals surface area contributed by atoms with Crippen molar-refractivity contribution in [2.75, 3.05) is 38.2 Å². The summed E-state index contributed by atoms with van der Waals surface area (Å²) in [5.74, 6) is -0.233. The van der Waals surface area contributed by atoms with Gasteiger partial charge in [-0.3, -0.25) is 15.0 Å². The molecule has 1 N–H and O–H groups in total. The van der Waals surface area contributed by atoms with Gasteiger partial charge in [0.2, 0.25) is 5.13 Å². The van der Waals surface area contributed by atoms with Crippen molar-refractivity contribution in [1.29, 1.82) is 0 Å². The van der Waals surface area contributed by atoms with Gasteiger partial charge >= 0.3 is 0 Å². The monoisotopic (exact) mass is 352 g/mol. The molecule has 1 aliphatic rings. The first-order valence-corrected chi connectivity index (χ1v) is 8.59. The minimum Gasteiger partial charge on any atom is -0.379 e. The van der Waals surface area contributed by atoms with Gasteiger partial charge in [0, 0.05) is 36.6 Å². The molecule has 1 amide bonds. The molecule has 122 valence electrons. The van der Waals surface area contributed by atoms with Gasteiger partial charge in [-0.1, -0.05) is 29.0 Å². The SMILES string of the molecule is O=C(Nc1nnc(CCN2CCOCC2)s1)c1cccc(Cl)c1. The van der Waals surface area contributed by atoms with Crippen LogP contribution >= 0.6 is 22.9 Å². The Labute approximate surface area is 143 Å². The first-order chi connectivity index (χ1) is 11.2. The van der Waals surface area contributed by atoms with E-state index in [0.717, 1.165) is 44.3 Å². The highest BCUT2D eigenvalue weighted by molar-refractivity contribution is 7.15. The minimum atomic E-state index is -0.233. The van der Waals surface area contributed by atoms with Crippen molar-refractivity contribution in [2.24, 2.45) is 0 Å². The molecular formula is C15H17ClN4O2S. The van der Waals surface area contributed by atoms with E-state index in [4.69, 9.17) is 16.3 Å². The Bertz CT molecular complexity index is 673. The maximum Gasteiger partial charge on any atom is 0.257 e. The van der Waals surface area contributed by atoms with Crippen LogP contribution in [0.5, 0.6) is 0 Å². The second-order valence-corrected chi connectivity index (χ2v) is 6.67. The highest BCUT2D eigenvalue weighted by Gasteiger charge is 2.13. The number of carbonyl (C=O) groups is 1. The predicted octanol–water partition coefficient (Wildman–Crippen LogP) is 2.32. The van der Waals surface area contributed by atoms with Crippen LogP contribution in [0.15, 0.2) is 24.3 Å². The average molecular weight is 353 g/mol. The third kappa shape index (κ3) is 4.71. The molecule has 0 spiro atoms. The van der Waals surface area contributed by atoms with E-state index >= 15 is 0 Å². The van der Waals surface area contributed by atoms with Crippen LogP contribution in [0.4, 0.5) is 5.13 Å². The van der Waals surface area contributed by atoms with Crippen molar-refractivity contribution in [2.45, 2.75) is 6.42 Å². The highest BCUT2D eigenvalue weighted by Crippen LogP contribution is 2.18. The molecular weight excluding hydrogens is 336 g/mol. The van der Waals surface area contributed by atoms with Gasteiger partial charge in [-0.15, -0.1) is 10.2 Å². The zero-order valence-electron chi connectivity index (χ0n) is 12.5. The number of amides is 1. The summed E-state index contributed by atoms with van der Waals surface area (Å²) in [5.41, 5.74) is 0.502. The topological polar surface area (TPSA) is 67.4 Å². The summed E-state index contributed by atoms with van der Waals surface area (Å²) >= 11 is 7.30. The number of hydrogen-bond donors (Lipinski definition) is 1. The van der Waals surface area contributed by atoms with Crippen molar-refractivity contribution in [3.05, 3.63) is 39.9 Å². The molecule has 2 heterocycles. The molecule has 0 unspecified atom stereocenters. The number of nitrogens with zero attached hydrogens (tertiary/aromatic N) is 3. The summed E-state index contributed by atoms with van der Waals surface area (Å²) in [6.07, 6.45) is 0.824. The molecule has 1 aromatic carbocycles. The summed E-state index contributed by atoms with van der Waals surface area (Å²) in [6, 6.07) is 6.80. The van der Waals surface area contributed by atoms with E-state index in [9.17, 15) is 4.79 Å². The lowest BCUT2D eigenvalue weighted by molar-refractivity contribution is 0.0384. The van der Waals surface area contributed by atoms with Crippen molar-refractivity contribution < 1.29 is 9.53 Å². The first kappa shape index (κ1) is 16.3.